The molecule has 0 spiro atoms. The summed E-state index contributed by atoms with van der Waals surface area (Å²) in [6.45, 7) is 0. The lowest BCUT2D eigenvalue weighted by atomic mass is 9.89. The van der Waals surface area contributed by atoms with Crippen LogP contribution < -0.4 is 0 Å². The van der Waals surface area contributed by atoms with Crippen molar-refractivity contribution in [2.45, 2.75) is 0 Å². The summed E-state index contributed by atoms with van der Waals surface area (Å²) in [5.41, 5.74) is 12.5. The Balaban J connectivity index is 1.15. The third-order valence-electron chi connectivity index (χ3n) is 11.3. The highest BCUT2D eigenvalue weighted by atomic mass is 15.0. The van der Waals surface area contributed by atoms with E-state index in [0.29, 0.717) is 17.5 Å². The lowest BCUT2D eigenvalue weighted by Gasteiger charge is -2.16. The Morgan fingerprint density at radius 3 is 1.28 bits per heavy atom. The molecule has 0 bridgehead atoms. The smallest absolute Gasteiger partial charge is 0.164 e. The molecule has 0 atom stereocenters. The molecule has 0 saturated heterocycles. The number of hydrogen-bond donors (Lipinski definition) is 0. The fraction of sp³-hybridized carbons (Fsp3) is 0. The van der Waals surface area contributed by atoms with E-state index in [1.165, 1.54) is 10.9 Å². The molecule has 4 nitrogen and oxygen atoms in total. The van der Waals surface area contributed by atoms with Crippen molar-refractivity contribution in [3.05, 3.63) is 218 Å². The van der Waals surface area contributed by atoms with Gasteiger partial charge in [-0.2, -0.15) is 0 Å². The zero-order valence-electron chi connectivity index (χ0n) is 32.6. The number of para-hydroxylation sites is 1. The predicted molar refractivity (Wildman–Crippen MR) is 248 cm³/mol. The summed E-state index contributed by atoms with van der Waals surface area (Å²) in [6, 6.07) is 76.5. The van der Waals surface area contributed by atoms with Gasteiger partial charge in [-0.15, -0.1) is 0 Å². The summed E-state index contributed by atoms with van der Waals surface area (Å²) >= 11 is 0. The highest BCUT2D eigenvalue weighted by Gasteiger charge is 2.18. The molecule has 0 aliphatic rings. The van der Waals surface area contributed by atoms with Crippen LogP contribution in [0, 0.1) is 0 Å². The van der Waals surface area contributed by atoms with Gasteiger partial charge in [0.15, 0.2) is 17.5 Å². The van der Waals surface area contributed by atoms with Crippen LogP contribution in [0.5, 0.6) is 0 Å². The van der Waals surface area contributed by atoms with Gasteiger partial charge in [0.05, 0.1) is 11.2 Å². The van der Waals surface area contributed by atoms with Crippen molar-refractivity contribution >= 4 is 32.4 Å². The normalized spacial score (nSPS) is 11.3. The first-order valence-corrected chi connectivity index (χ1v) is 20.2. The summed E-state index contributed by atoms with van der Waals surface area (Å²) in [5, 5.41) is 5.76. The van der Waals surface area contributed by atoms with E-state index < -0.39 is 0 Å². The van der Waals surface area contributed by atoms with E-state index in [0.717, 1.165) is 82.8 Å². The fourth-order valence-electron chi connectivity index (χ4n) is 8.39. The average Bonchev–Trinajstić information content (AvgIpc) is 3.34. The fourth-order valence-corrected chi connectivity index (χ4v) is 8.39. The van der Waals surface area contributed by atoms with Gasteiger partial charge in [-0.05, 0) is 79.9 Å². The molecular formula is C56H36N4. The standard InChI is InChI=1S/C56H36N4/c1-4-17-37(18-5-1)40-23-16-24-41(33-40)42-34-43(36-44(35-42)56-59-54(38-19-6-2-7-20-38)58-55(60-56)39-21-8-3-9-22-39)45-31-32-51(47-26-11-10-25-46(45)47)53-50-29-13-12-27-48(50)49-28-14-15-30-52(49)57-53/h1-36H. The van der Waals surface area contributed by atoms with Crippen molar-refractivity contribution in [1.29, 1.82) is 0 Å². The minimum Gasteiger partial charge on any atom is -0.247 e. The van der Waals surface area contributed by atoms with E-state index in [-0.39, 0.29) is 0 Å². The first-order chi connectivity index (χ1) is 29.7. The maximum absolute atomic E-state index is 5.31. The molecule has 60 heavy (non-hydrogen) atoms. The molecule has 0 amide bonds. The summed E-state index contributed by atoms with van der Waals surface area (Å²) < 4.78 is 0. The van der Waals surface area contributed by atoms with Crippen molar-refractivity contribution in [2.24, 2.45) is 0 Å². The Bertz CT molecular complexity index is 3300. The van der Waals surface area contributed by atoms with E-state index in [2.05, 4.69) is 158 Å². The van der Waals surface area contributed by atoms with Crippen LogP contribution in [-0.4, -0.2) is 19.9 Å². The topological polar surface area (TPSA) is 51.6 Å². The lowest BCUT2D eigenvalue weighted by molar-refractivity contribution is 1.07. The number of rotatable bonds is 7. The Morgan fingerprint density at radius 1 is 0.217 bits per heavy atom. The van der Waals surface area contributed by atoms with Crippen LogP contribution in [0.4, 0.5) is 0 Å². The van der Waals surface area contributed by atoms with Crippen molar-refractivity contribution in [3.8, 4) is 78.8 Å². The highest BCUT2D eigenvalue weighted by molar-refractivity contribution is 6.15. The molecule has 4 heteroatoms. The molecule has 0 unspecified atom stereocenters. The van der Waals surface area contributed by atoms with Crippen LogP contribution in [-0.2, 0) is 0 Å². The van der Waals surface area contributed by atoms with Crippen LogP contribution in [0.15, 0.2) is 218 Å². The molecular weight excluding hydrogens is 729 g/mol. The van der Waals surface area contributed by atoms with Crippen molar-refractivity contribution < 1.29 is 0 Å². The van der Waals surface area contributed by atoms with Gasteiger partial charge < -0.3 is 0 Å². The third kappa shape index (κ3) is 6.47. The Hall–Kier alpha value is -8.08. The van der Waals surface area contributed by atoms with Gasteiger partial charge in [0, 0.05) is 33.0 Å². The second-order valence-electron chi connectivity index (χ2n) is 15.0. The van der Waals surface area contributed by atoms with Crippen LogP contribution in [0.1, 0.15) is 0 Å². The number of benzene rings is 9. The largest absolute Gasteiger partial charge is 0.247 e. The summed E-state index contributed by atoms with van der Waals surface area (Å²) in [7, 11) is 0. The predicted octanol–water partition coefficient (Wildman–Crippen LogP) is 14.4. The summed E-state index contributed by atoms with van der Waals surface area (Å²) in [5.74, 6) is 1.86. The molecule has 0 saturated carbocycles. The number of nitrogens with zero attached hydrogens (tertiary/aromatic N) is 4. The van der Waals surface area contributed by atoms with Gasteiger partial charge in [0.1, 0.15) is 0 Å². The van der Waals surface area contributed by atoms with Crippen LogP contribution in [0.3, 0.4) is 0 Å². The quantitative estimate of drug-likeness (QED) is 0.152. The van der Waals surface area contributed by atoms with Gasteiger partial charge in [0.25, 0.3) is 0 Å². The van der Waals surface area contributed by atoms with E-state index in [1.54, 1.807) is 0 Å². The number of aromatic nitrogens is 4. The molecule has 11 aromatic rings. The minimum absolute atomic E-state index is 0.609. The second kappa shape index (κ2) is 15.0. The molecule has 0 fully saturated rings. The van der Waals surface area contributed by atoms with E-state index in [9.17, 15) is 0 Å². The highest BCUT2D eigenvalue weighted by Crippen LogP contribution is 2.41. The zero-order valence-corrected chi connectivity index (χ0v) is 32.6. The molecule has 0 radical (unpaired) electrons. The van der Waals surface area contributed by atoms with Gasteiger partial charge in [-0.3, -0.25) is 0 Å². The molecule has 11 rings (SSSR count). The molecule has 2 aromatic heterocycles. The first kappa shape index (κ1) is 35.1. The molecule has 2 heterocycles. The second-order valence-corrected chi connectivity index (χ2v) is 15.0. The third-order valence-corrected chi connectivity index (χ3v) is 11.3. The van der Waals surface area contributed by atoms with Crippen molar-refractivity contribution in [3.63, 3.8) is 0 Å². The molecule has 0 N–H and O–H groups in total. The van der Waals surface area contributed by atoms with Gasteiger partial charge in [0.2, 0.25) is 0 Å². The molecule has 280 valence electrons. The number of pyridine rings is 1. The van der Waals surface area contributed by atoms with Crippen molar-refractivity contribution in [1.82, 2.24) is 19.9 Å². The van der Waals surface area contributed by atoms with Gasteiger partial charge in [-0.1, -0.05) is 188 Å². The van der Waals surface area contributed by atoms with E-state index in [4.69, 9.17) is 19.9 Å². The average molecular weight is 765 g/mol. The maximum Gasteiger partial charge on any atom is 0.164 e. The van der Waals surface area contributed by atoms with Crippen LogP contribution in [0.25, 0.3) is 111 Å². The monoisotopic (exact) mass is 764 g/mol. The Morgan fingerprint density at radius 2 is 0.633 bits per heavy atom. The molecule has 0 aliphatic heterocycles. The summed E-state index contributed by atoms with van der Waals surface area (Å²) in [6.07, 6.45) is 0. The van der Waals surface area contributed by atoms with E-state index >= 15 is 0 Å². The first-order valence-electron chi connectivity index (χ1n) is 20.2. The number of hydrogen-bond acceptors (Lipinski definition) is 4. The maximum atomic E-state index is 5.31. The van der Waals surface area contributed by atoms with Crippen LogP contribution >= 0.6 is 0 Å². The SMILES string of the molecule is c1ccc(-c2cccc(-c3cc(-c4nc(-c5ccccc5)nc(-c5ccccc5)n4)cc(-c4ccc(-c5nc6ccccc6c6ccccc56)c5ccccc45)c3)c2)cc1. The Kier molecular flexibility index (Phi) is 8.79. The molecule has 9 aromatic carbocycles. The lowest BCUT2D eigenvalue weighted by Crippen LogP contribution is -2.00. The van der Waals surface area contributed by atoms with Crippen LogP contribution in [0.2, 0.25) is 0 Å². The number of fused-ring (bicyclic) bond motifs is 4. The zero-order chi connectivity index (χ0) is 39.8. The Labute approximate surface area is 348 Å². The van der Waals surface area contributed by atoms with Crippen molar-refractivity contribution in [2.75, 3.05) is 0 Å². The summed E-state index contributed by atoms with van der Waals surface area (Å²) in [4.78, 5) is 20.7. The molecule has 0 aliphatic carbocycles. The van der Waals surface area contributed by atoms with Gasteiger partial charge >= 0.3 is 0 Å². The van der Waals surface area contributed by atoms with E-state index in [1.807, 2.05) is 60.7 Å². The minimum atomic E-state index is 0.609. The van der Waals surface area contributed by atoms with Gasteiger partial charge in [-0.25, -0.2) is 19.9 Å².